The predicted octanol–water partition coefficient (Wildman–Crippen LogP) is 1.81. The number of amides is 1. The van der Waals surface area contributed by atoms with E-state index in [9.17, 15) is 9.90 Å². The number of carbonyl (C=O) groups is 1. The van der Waals surface area contributed by atoms with Gasteiger partial charge in [-0.2, -0.15) is 0 Å². The van der Waals surface area contributed by atoms with Crippen LogP contribution in [0.1, 0.15) is 16.2 Å². The molecule has 0 aliphatic carbocycles. The van der Waals surface area contributed by atoms with Crippen LogP contribution in [0.2, 0.25) is 0 Å². The first-order valence-electron chi connectivity index (χ1n) is 7.02. The van der Waals surface area contributed by atoms with Gasteiger partial charge in [0.25, 0.3) is 0 Å². The lowest BCUT2D eigenvalue weighted by Gasteiger charge is -2.03. The van der Waals surface area contributed by atoms with Crippen LogP contribution in [0.3, 0.4) is 0 Å². The highest BCUT2D eigenvalue weighted by atomic mass is 16.4. The first kappa shape index (κ1) is 14.7. The molecule has 7 heteroatoms. The van der Waals surface area contributed by atoms with Crippen LogP contribution in [-0.2, 0) is 6.42 Å². The number of phenolic OH excluding ortho intramolecular Hbond substituents is 1. The second-order valence-corrected chi connectivity index (χ2v) is 4.83. The van der Waals surface area contributed by atoms with Crippen LogP contribution >= 0.6 is 0 Å². The molecule has 116 valence electrons. The Morgan fingerprint density at radius 2 is 2.00 bits per heavy atom. The molecule has 2 N–H and O–H groups in total. The molecule has 0 spiro atoms. The summed E-state index contributed by atoms with van der Waals surface area (Å²) in [5, 5.41) is 19.5. The summed E-state index contributed by atoms with van der Waals surface area (Å²) in [6.07, 6.45) is 3.85. The summed E-state index contributed by atoms with van der Waals surface area (Å²) < 4.78 is 5.34. The largest absolute Gasteiger partial charge is 0.508 e. The van der Waals surface area contributed by atoms with Crippen molar-refractivity contribution < 1.29 is 14.3 Å². The van der Waals surface area contributed by atoms with E-state index in [1.54, 1.807) is 48.8 Å². The summed E-state index contributed by atoms with van der Waals surface area (Å²) in [6, 6.07) is 10.3. The first-order valence-corrected chi connectivity index (χ1v) is 7.02. The van der Waals surface area contributed by atoms with Crippen molar-refractivity contribution in [1.82, 2.24) is 20.5 Å². The summed E-state index contributed by atoms with van der Waals surface area (Å²) in [5.41, 5.74) is 1.66. The van der Waals surface area contributed by atoms with Crippen LogP contribution in [0, 0.1) is 0 Å². The molecule has 0 saturated carbocycles. The number of carbonyl (C=O) groups excluding carboxylic acids is 1. The van der Waals surface area contributed by atoms with E-state index in [-0.39, 0.29) is 17.5 Å². The molecule has 2 heterocycles. The van der Waals surface area contributed by atoms with Crippen molar-refractivity contribution in [2.75, 3.05) is 6.54 Å². The third-order valence-electron chi connectivity index (χ3n) is 3.16. The second kappa shape index (κ2) is 6.69. The SMILES string of the molecule is O=C(NCCc1ccc(O)cc1)c1nnc(-c2cccnc2)o1. The molecule has 0 fully saturated rings. The van der Waals surface area contributed by atoms with Gasteiger partial charge in [-0.25, -0.2) is 0 Å². The van der Waals surface area contributed by atoms with Crippen molar-refractivity contribution in [3.05, 3.63) is 60.2 Å². The highest BCUT2D eigenvalue weighted by Gasteiger charge is 2.15. The molecule has 2 aromatic heterocycles. The Bertz CT molecular complexity index is 785. The van der Waals surface area contributed by atoms with E-state index >= 15 is 0 Å². The van der Waals surface area contributed by atoms with Crippen LogP contribution in [0.5, 0.6) is 5.75 Å². The summed E-state index contributed by atoms with van der Waals surface area (Å²) in [5.74, 6) is -0.0469. The number of pyridine rings is 1. The Morgan fingerprint density at radius 1 is 1.17 bits per heavy atom. The second-order valence-electron chi connectivity index (χ2n) is 4.83. The molecule has 3 rings (SSSR count). The van der Waals surface area contributed by atoms with Crippen molar-refractivity contribution in [2.45, 2.75) is 6.42 Å². The molecule has 7 nitrogen and oxygen atoms in total. The van der Waals surface area contributed by atoms with Crippen LogP contribution in [0.25, 0.3) is 11.5 Å². The molecule has 1 aromatic carbocycles. The molecule has 0 atom stereocenters. The fourth-order valence-corrected chi connectivity index (χ4v) is 1.98. The van der Waals surface area contributed by atoms with E-state index in [4.69, 9.17) is 4.42 Å². The third kappa shape index (κ3) is 3.70. The number of aromatic hydroxyl groups is 1. The number of nitrogens with zero attached hydrogens (tertiary/aromatic N) is 3. The molecule has 3 aromatic rings. The van der Waals surface area contributed by atoms with E-state index < -0.39 is 5.91 Å². The fraction of sp³-hybridized carbons (Fsp3) is 0.125. The van der Waals surface area contributed by atoms with Crippen molar-refractivity contribution in [1.29, 1.82) is 0 Å². The number of aromatic nitrogens is 3. The predicted molar refractivity (Wildman–Crippen MR) is 81.7 cm³/mol. The van der Waals surface area contributed by atoms with Crippen LogP contribution in [-0.4, -0.2) is 32.7 Å². The average Bonchev–Trinajstić information content (AvgIpc) is 3.07. The highest BCUT2D eigenvalue weighted by molar-refractivity contribution is 5.89. The number of phenols is 1. The Hall–Kier alpha value is -3.22. The normalized spacial score (nSPS) is 10.4. The molecule has 0 saturated heterocycles. The lowest BCUT2D eigenvalue weighted by atomic mass is 10.1. The van der Waals surface area contributed by atoms with Gasteiger partial charge in [-0.1, -0.05) is 12.1 Å². The number of hydrogen-bond donors (Lipinski definition) is 2. The van der Waals surface area contributed by atoms with Crippen molar-refractivity contribution in [3.63, 3.8) is 0 Å². The molecule has 0 unspecified atom stereocenters. The summed E-state index contributed by atoms with van der Waals surface area (Å²) in [4.78, 5) is 15.9. The van der Waals surface area contributed by atoms with Gasteiger partial charge in [-0.3, -0.25) is 9.78 Å². The highest BCUT2D eigenvalue weighted by Crippen LogP contribution is 2.15. The summed E-state index contributed by atoms with van der Waals surface area (Å²) >= 11 is 0. The molecule has 0 aliphatic rings. The Labute approximate surface area is 132 Å². The van der Waals surface area contributed by atoms with Crippen LogP contribution < -0.4 is 5.32 Å². The van der Waals surface area contributed by atoms with E-state index in [2.05, 4.69) is 20.5 Å². The van der Waals surface area contributed by atoms with E-state index in [1.807, 2.05) is 0 Å². The van der Waals surface area contributed by atoms with E-state index in [0.29, 0.717) is 18.5 Å². The quantitative estimate of drug-likeness (QED) is 0.745. The number of rotatable bonds is 5. The van der Waals surface area contributed by atoms with Gasteiger partial charge in [-0.05, 0) is 36.2 Å². The van der Waals surface area contributed by atoms with E-state index in [0.717, 1.165) is 5.56 Å². The number of nitrogens with one attached hydrogen (secondary N) is 1. The zero-order chi connectivity index (χ0) is 16.1. The molecule has 0 aliphatic heterocycles. The van der Waals surface area contributed by atoms with Gasteiger partial charge < -0.3 is 14.8 Å². The van der Waals surface area contributed by atoms with Gasteiger partial charge in [-0.15, -0.1) is 10.2 Å². The van der Waals surface area contributed by atoms with Gasteiger partial charge in [0.2, 0.25) is 5.89 Å². The van der Waals surface area contributed by atoms with Crippen LogP contribution in [0.15, 0.2) is 53.2 Å². The van der Waals surface area contributed by atoms with Crippen molar-refractivity contribution in [2.24, 2.45) is 0 Å². The minimum atomic E-state index is -0.425. The van der Waals surface area contributed by atoms with Gasteiger partial charge in [0.05, 0.1) is 5.56 Å². The zero-order valence-corrected chi connectivity index (χ0v) is 12.1. The first-order chi connectivity index (χ1) is 11.2. The fourth-order valence-electron chi connectivity index (χ4n) is 1.98. The molecule has 1 amide bonds. The van der Waals surface area contributed by atoms with Crippen molar-refractivity contribution in [3.8, 4) is 17.2 Å². The number of benzene rings is 1. The molecular formula is C16H14N4O3. The minimum absolute atomic E-state index is 0.0884. The smallest absolute Gasteiger partial charge is 0.308 e. The minimum Gasteiger partial charge on any atom is -0.508 e. The van der Waals surface area contributed by atoms with Crippen molar-refractivity contribution >= 4 is 5.91 Å². The Morgan fingerprint density at radius 3 is 2.74 bits per heavy atom. The molecule has 0 radical (unpaired) electrons. The standard InChI is InChI=1S/C16H14N4O3/c21-13-5-3-11(4-6-13)7-9-18-14(22)16-20-19-15(23-16)12-2-1-8-17-10-12/h1-6,8,10,21H,7,9H2,(H,18,22). The molecule has 23 heavy (non-hydrogen) atoms. The molecule has 0 bridgehead atoms. The Balaban J connectivity index is 1.56. The third-order valence-corrected chi connectivity index (χ3v) is 3.16. The van der Waals surface area contributed by atoms with E-state index in [1.165, 1.54) is 0 Å². The van der Waals surface area contributed by atoms with Crippen LogP contribution in [0.4, 0.5) is 0 Å². The zero-order valence-electron chi connectivity index (χ0n) is 12.1. The summed E-state index contributed by atoms with van der Waals surface area (Å²) in [6.45, 7) is 0.425. The lowest BCUT2D eigenvalue weighted by Crippen LogP contribution is -2.26. The van der Waals surface area contributed by atoms with Gasteiger partial charge in [0, 0.05) is 18.9 Å². The maximum atomic E-state index is 12.0. The maximum Gasteiger partial charge on any atom is 0.308 e. The van der Waals surface area contributed by atoms with Gasteiger partial charge in [0.15, 0.2) is 0 Å². The molecular weight excluding hydrogens is 296 g/mol. The lowest BCUT2D eigenvalue weighted by molar-refractivity contribution is 0.0920. The maximum absolute atomic E-state index is 12.0. The average molecular weight is 310 g/mol. The Kier molecular flexibility index (Phi) is 4.28. The summed E-state index contributed by atoms with van der Waals surface area (Å²) in [7, 11) is 0. The van der Waals surface area contributed by atoms with Gasteiger partial charge in [0.1, 0.15) is 5.75 Å². The monoisotopic (exact) mass is 310 g/mol. The topological polar surface area (TPSA) is 101 Å². The van der Waals surface area contributed by atoms with Gasteiger partial charge >= 0.3 is 11.8 Å². The number of hydrogen-bond acceptors (Lipinski definition) is 6.